The van der Waals surface area contributed by atoms with Crippen molar-refractivity contribution in [3.63, 3.8) is 0 Å². The molecule has 0 unspecified atom stereocenters. The van der Waals surface area contributed by atoms with Crippen molar-refractivity contribution in [3.05, 3.63) is 85.4 Å². The molecule has 134 valence electrons. The molecule has 0 saturated heterocycles. The molecule has 1 amide bonds. The van der Waals surface area contributed by atoms with Gasteiger partial charge in [0, 0.05) is 11.8 Å². The first kappa shape index (κ1) is 17.4. The average molecular weight is 397 g/mol. The van der Waals surface area contributed by atoms with Gasteiger partial charge >= 0.3 is 0 Å². The number of benzene rings is 2. The van der Waals surface area contributed by atoms with Crippen LogP contribution >= 0.6 is 22.7 Å². The van der Waals surface area contributed by atoms with Crippen LogP contribution < -0.4 is 10.1 Å². The fourth-order valence-electron chi connectivity index (χ4n) is 2.60. The molecular weight excluding hydrogens is 385 g/mol. The molecule has 0 bridgehead atoms. The van der Waals surface area contributed by atoms with Gasteiger partial charge in [-0.2, -0.15) is 0 Å². The van der Waals surface area contributed by atoms with Gasteiger partial charge in [-0.3, -0.25) is 14.9 Å². The number of rotatable bonds is 4. The Morgan fingerprint density at radius 3 is 2.74 bits per heavy atom. The predicted octanol–water partition coefficient (Wildman–Crippen LogP) is 4.10. The minimum Gasteiger partial charge on any atom is -0.296 e. The SMILES string of the molecule is O=C(Nc1nnc(Cc2cccc(F)c2)s1)c1cc2ccccc2c(=O)s1. The van der Waals surface area contributed by atoms with Crippen LogP contribution in [-0.4, -0.2) is 16.1 Å². The van der Waals surface area contributed by atoms with E-state index < -0.39 is 5.91 Å². The Bertz CT molecular complexity index is 1200. The Kier molecular flexibility index (Phi) is 4.74. The third kappa shape index (κ3) is 3.91. The molecule has 0 aliphatic heterocycles. The second kappa shape index (κ2) is 7.34. The van der Waals surface area contributed by atoms with Gasteiger partial charge in [-0.15, -0.1) is 10.2 Å². The maximum absolute atomic E-state index is 13.3. The van der Waals surface area contributed by atoms with Crippen molar-refractivity contribution in [2.75, 3.05) is 5.32 Å². The van der Waals surface area contributed by atoms with Gasteiger partial charge in [-0.1, -0.05) is 53.0 Å². The zero-order valence-electron chi connectivity index (χ0n) is 13.8. The maximum atomic E-state index is 13.3. The first-order valence-electron chi connectivity index (χ1n) is 7.99. The highest BCUT2D eigenvalue weighted by Gasteiger charge is 2.13. The normalized spacial score (nSPS) is 10.9. The summed E-state index contributed by atoms with van der Waals surface area (Å²) in [5, 5.41) is 12.9. The smallest absolute Gasteiger partial charge is 0.267 e. The summed E-state index contributed by atoms with van der Waals surface area (Å²) in [6, 6.07) is 15.1. The van der Waals surface area contributed by atoms with Crippen LogP contribution in [-0.2, 0) is 6.42 Å². The lowest BCUT2D eigenvalue weighted by molar-refractivity contribution is 0.103. The topological polar surface area (TPSA) is 72.0 Å². The molecule has 2 heterocycles. The Morgan fingerprint density at radius 1 is 1.04 bits per heavy atom. The quantitative estimate of drug-likeness (QED) is 0.563. The van der Waals surface area contributed by atoms with Gasteiger partial charge in [0.1, 0.15) is 10.8 Å². The molecule has 27 heavy (non-hydrogen) atoms. The molecule has 0 aliphatic rings. The average Bonchev–Trinajstić information content (AvgIpc) is 3.08. The monoisotopic (exact) mass is 397 g/mol. The second-order valence-electron chi connectivity index (χ2n) is 5.75. The number of halogens is 1. The summed E-state index contributed by atoms with van der Waals surface area (Å²) in [5.74, 6) is -0.715. The molecule has 1 N–H and O–H groups in total. The molecule has 4 rings (SSSR count). The summed E-state index contributed by atoms with van der Waals surface area (Å²) in [7, 11) is 0. The van der Waals surface area contributed by atoms with Crippen molar-refractivity contribution in [1.29, 1.82) is 0 Å². The van der Waals surface area contributed by atoms with E-state index in [1.165, 1.54) is 23.5 Å². The number of nitrogens with zero attached hydrogens (tertiary/aromatic N) is 2. The van der Waals surface area contributed by atoms with Crippen molar-refractivity contribution in [1.82, 2.24) is 10.2 Å². The number of carbonyl (C=O) groups excluding carboxylic acids is 1. The van der Waals surface area contributed by atoms with E-state index >= 15 is 0 Å². The summed E-state index contributed by atoms with van der Waals surface area (Å²) in [5.41, 5.74) is 0.775. The van der Waals surface area contributed by atoms with Crippen LogP contribution in [0.2, 0.25) is 0 Å². The molecule has 0 radical (unpaired) electrons. The van der Waals surface area contributed by atoms with Crippen molar-refractivity contribution >= 4 is 44.5 Å². The number of hydrogen-bond acceptors (Lipinski definition) is 6. The number of aromatic nitrogens is 2. The molecule has 2 aromatic carbocycles. The van der Waals surface area contributed by atoms with E-state index in [-0.39, 0.29) is 10.6 Å². The highest BCUT2D eigenvalue weighted by Crippen LogP contribution is 2.21. The summed E-state index contributed by atoms with van der Waals surface area (Å²) in [6.07, 6.45) is 0.425. The Labute approximate surface area is 161 Å². The summed E-state index contributed by atoms with van der Waals surface area (Å²) in [4.78, 5) is 25.0. The number of anilines is 1. The van der Waals surface area contributed by atoms with E-state index in [0.29, 0.717) is 26.8 Å². The van der Waals surface area contributed by atoms with Gasteiger partial charge in [0.25, 0.3) is 5.91 Å². The van der Waals surface area contributed by atoms with Crippen LogP contribution in [0.4, 0.5) is 9.52 Å². The number of fused-ring (bicyclic) bond motifs is 1. The summed E-state index contributed by atoms with van der Waals surface area (Å²) >= 11 is 2.11. The molecule has 0 atom stereocenters. The number of hydrogen-bond donors (Lipinski definition) is 1. The lowest BCUT2D eigenvalue weighted by atomic mass is 10.1. The lowest BCUT2D eigenvalue weighted by Crippen LogP contribution is -2.12. The summed E-state index contributed by atoms with van der Waals surface area (Å²) < 4.78 is 13.1. The number of nitrogens with one attached hydrogen (secondary N) is 1. The summed E-state index contributed by atoms with van der Waals surface area (Å²) in [6.45, 7) is 0. The molecule has 0 saturated carbocycles. The van der Waals surface area contributed by atoms with Gasteiger partial charge in [0.15, 0.2) is 0 Å². The Hall–Kier alpha value is -2.97. The first-order valence-corrected chi connectivity index (χ1v) is 9.63. The molecule has 4 aromatic rings. The first-order chi connectivity index (χ1) is 13.1. The second-order valence-corrected chi connectivity index (χ2v) is 7.82. The standard InChI is InChI=1S/C19H12FN3O2S2/c20-13-6-3-4-11(8-13)9-16-22-23-19(27-16)21-17(24)15-10-12-5-1-2-7-14(12)18(25)26-15/h1-8,10H,9H2,(H,21,23,24). The van der Waals surface area contributed by atoms with E-state index in [9.17, 15) is 14.0 Å². The highest BCUT2D eigenvalue weighted by molar-refractivity contribution is 7.15. The minimum atomic E-state index is -0.406. The van der Waals surface area contributed by atoms with Crippen LogP contribution in [0.25, 0.3) is 10.8 Å². The third-order valence-corrected chi connectivity index (χ3v) is 5.59. The van der Waals surface area contributed by atoms with E-state index in [1.807, 2.05) is 6.07 Å². The van der Waals surface area contributed by atoms with Gasteiger partial charge < -0.3 is 0 Å². The van der Waals surface area contributed by atoms with Crippen LogP contribution in [0.15, 0.2) is 59.4 Å². The van der Waals surface area contributed by atoms with Gasteiger partial charge in [-0.25, -0.2) is 4.39 Å². The Balaban J connectivity index is 1.52. The molecule has 0 fully saturated rings. The van der Waals surface area contributed by atoms with Crippen molar-refractivity contribution < 1.29 is 9.18 Å². The van der Waals surface area contributed by atoms with Crippen molar-refractivity contribution in [2.45, 2.75) is 6.42 Å². The number of carbonyl (C=O) groups is 1. The fraction of sp³-hybridized carbons (Fsp3) is 0.0526. The van der Waals surface area contributed by atoms with Crippen molar-refractivity contribution in [3.8, 4) is 0 Å². The third-order valence-electron chi connectivity index (χ3n) is 3.83. The molecule has 8 heteroatoms. The van der Waals surface area contributed by atoms with Crippen molar-refractivity contribution in [2.24, 2.45) is 0 Å². The molecule has 0 spiro atoms. The van der Waals surface area contributed by atoms with E-state index in [0.717, 1.165) is 22.3 Å². The largest absolute Gasteiger partial charge is 0.296 e. The van der Waals surface area contributed by atoms with Gasteiger partial charge in [-0.05, 0) is 35.2 Å². The van der Waals surface area contributed by atoms with E-state index in [1.54, 1.807) is 36.4 Å². The van der Waals surface area contributed by atoms with Crippen LogP contribution in [0.5, 0.6) is 0 Å². The maximum Gasteiger partial charge on any atom is 0.267 e. The van der Waals surface area contributed by atoms with Crippen LogP contribution in [0.1, 0.15) is 20.2 Å². The molecular formula is C19H12FN3O2S2. The van der Waals surface area contributed by atoms with Gasteiger partial charge in [0.05, 0.1) is 4.88 Å². The van der Waals surface area contributed by atoms with E-state index in [2.05, 4.69) is 15.5 Å². The lowest BCUT2D eigenvalue weighted by Gasteiger charge is -2.02. The van der Waals surface area contributed by atoms with Gasteiger partial charge in [0.2, 0.25) is 9.87 Å². The van der Waals surface area contributed by atoms with Crippen LogP contribution in [0.3, 0.4) is 0 Å². The molecule has 2 aromatic heterocycles. The zero-order chi connectivity index (χ0) is 18.8. The van der Waals surface area contributed by atoms with Crippen LogP contribution in [0, 0.1) is 5.82 Å². The van der Waals surface area contributed by atoms with E-state index in [4.69, 9.17) is 0 Å². The highest BCUT2D eigenvalue weighted by atomic mass is 32.1. The molecule has 5 nitrogen and oxygen atoms in total. The molecule has 0 aliphatic carbocycles. The Morgan fingerprint density at radius 2 is 1.89 bits per heavy atom. The minimum absolute atomic E-state index is 0.165. The zero-order valence-corrected chi connectivity index (χ0v) is 15.4. The predicted molar refractivity (Wildman–Crippen MR) is 105 cm³/mol. The fourth-order valence-corrected chi connectivity index (χ4v) is 4.20. The number of amides is 1.